The fraction of sp³-hybridized carbons (Fsp3) is 0.727. The number of nitrogens with zero attached hydrogens (tertiary/aromatic N) is 1. The summed E-state index contributed by atoms with van der Waals surface area (Å²) in [7, 11) is 0. The van der Waals surface area contributed by atoms with Crippen molar-refractivity contribution in [1.29, 1.82) is 0 Å². The van der Waals surface area contributed by atoms with Gasteiger partial charge in [-0.25, -0.2) is 4.98 Å². The van der Waals surface area contributed by atoms with Crippen molar-refractivity contribution in [2.45, 2.75) is 25.6 Å². The van der Waals surface area contributed by atoms with Crippen molar-refractivity contribution in [2.75, 3.05) is 26.4 Å². The van der Waals surface area contributed by atoms with Crippen LogP contribution in [0, 0.1) is 0 Å². The van der Waals surface area contributed by atoms with Crippen LogP contribution in [0.25, 0.3) is 0 Å². The Hall–Kier alpha value is -0.160. The van der Waals surface area contributed by atoms with Gasteiger partial charge in [0.2, 0.25) is 0 Å². The highest BCUT2D eigenvalue weighted by atomic mass is 35.5. The third-order valence-electron chi connectivity index (χ3n) is 1.92. The van der Waals surface area contributed by atoms with Crippen LogP contribution in [0.3, 0.4) is 0 Å². The fourth-order valence-corrected chi connectivity index (χ4v) is 2.16. The first-order valence-electron chi connectivity index (χ1n) is 5.51. The number of hydrogen-bond acceptors (Lipinski definition) is 4. The molecule has 0 spiro atoms. The Morgan fingerprint density at radius 3 is 2.62 bits per heavy atom. The minimum atomic E-state index is 0.488. The minimum absolute atomic E-state index is 0.488. The number of ether oxygens (including phenoxy) is 2. The average molecular weight is 264 g/mol. The molecule has 0 unspecified atom stereocenters. The summed E-state index contributed by atoms with van der Waals surface area (Å²) < 4.78 is 10.7. The first-order valence-corrected chi connectivity index (χ1v) is 6.93. The quantitative estimate of drug-likeness (QED) is 0.507. The van der Waals surface area contributed by atoms with Crippen LogP contribution in [0.5, 0.6) is 0 Å². The third-order valence-corrected chi connectivity index (χ3v) is 3.15. The van der Waals surface area contributed by atoms with Crippen LogP contribution in [0.2, 0.25) is 0 Å². The Bertz CT molecular complexity index is 281. The second kappa shape index (κ2) is 8.93. The molecule has 0 fully saturated rings. The maximum atomic E-state index is 5.67. The number of rotatable bonds is 9. The summed E-state index contributed by atoms with van der Waals surface area (Å²) in [4.78, 5) is 4.35. The normalized spacial score (nSPS) is 10.9. The lowest BCUT2D eigenvalue weighted by atomic mass is 10.5. The molecule has 0 aliphatic rings. The fourth-order valence-electron chi connectivity index (χ4n) is 1.15. The van der Waals surface area contributed by atoms with E-state index in [4.69, 9.17) is 21.1 Å². The SMILES string of the molecule is CCCOCCOCCc1nc(CCl)cs1. The summed E-state index contributed by atoms with van der Waals surface area (Å²) in [6.07, 6.45) is 1.91. The van der Waals surface area contributed by atoms with E-state index in [1.165, 1.54) is 0 Å². The van der Waals surface area contributed by atoms with Crippen molar-refractivity contribution >= 4 is 22.9 Å². The molecule has 0 aromatic carbocycles. The number of halogens is 1. The maximum absolute atomic E-state index is 5.67. The second-order valence-electron chi connectivity index (χ2n) is 3.34. The summed E-state index contributed by atoms with van der Waals surface area (Å²) in [5.74, 6) is 0.488. The van der Waals surface area contributed by atoms with E-state index in [1.807, 2.05) is 5.38 Å². The molecule has 0 radical (unpaired) electrons. The zero-order chi connectivity index (χ0) is 11.6. The van der Waals surface area contributed by atoms with Crippen LogP contribution in [-0.4, -0.2) is 31.4 Å². The first-order chi connectivity index (χ1) is 7.86. The van der Waals surface area contributed by atoms with Gasteiger partial charge in [-0.2, -0.15) is 0 Å². The van der Waals surface area contributed by atoms with Crippen molar-refractivity contribution < 1.29 is 9.47 Å². The number of thiazole rings is 1. The van der Waals surface area contributed by atoms with Gasteiger partial charge in [-0.15, -0.1) is 22.9 Å². The van der Waals surface area contributed by atoms with Crippen LogP contribution in [0.1, 0.15) is 24.0 Å². The Kier molecular flexibility index (Phi) is 7.76. The van der Waals surface area contributed by atoms with Crippen LogP contribution in [0.15, 0.2) is 5.38 Å². The first kappa shape index (κ1) is 13.9. The zero-order valence-electron chi connectivity index (χ0n) is 9.58. The monoisotopic (exact) mass is 263 g/mol. The summed E-state index contributed by atoms with van der Waals surface area (Å²) >= 11 is 7.31. The lowest BCUT2D eigenvalue weighted by Crippen LogP contribution is -2.07. The lowest BCUT2D eigenvalue weighted by Gasteiger charge is -2.03. The Morgan fingerprint density at radius 2 is 2.00 bits per heavy atom. The largest absolute Gasteiger partial charge is 0.379 e. The molecular formula is C11H18ClNO2S. The molecule has 16 heavy (non-hydrogen) atoms. The highest BCUT2D eigenvalue weighted by Crippen LogP contribution is 2.11. The van der Waals surface area contributed by atoms with Gasteiger partial charge >= 0.3 is 0 Å². The Balaban J connectivity index is 1.98. The number of aromatic nitrogens is 1. The van der Waals surface area contributed by atoms with Gasteiger partial charge in [0.1, 0.15) is 0 Å². The minimum Gasteiger partial charge on any atom is -0.379 e. The molecule has 92 valence electrons. The summed E-state index contributed by atoms with van der Waals surface area (Å²) in [5.41, 5.74) is 0.952. The van der Waals surface area contributed by atoms with Crippen molar-refractivity contribution in [3.8, 4) is 0 Å². The average Bonchev–Trinajstić information content (AvgIpc) is 2.76. The van der Waals surface area contributed by atoms with E-state index >= 15 is 0 Å². The van der Waals surface area contributed by atoms with E-state index < -0.39 is 0 Å². The molecular weight excluding hydrogens is 246 g/mol. The van der Waals surface area contributed by atoms with Crippen molar-refractivity contribution in [1.82, 2.24) is 4.98 Å². The summed E-state index contributed by atoms with van der Waals surface area (Å²) in [5, 5.41) is 3.08. The predicted molar refractivity (Wildman–Crippen MR) is 67.3 cm³/mol. The lowest BCUT2D eigenvalue weighted by molar-refractivity contribution is 0.0491. The van der Waals surface area contributed by atoms with Gasteiger partial charge in [0.15, 0.2) is 0 Å². The summed E-state index contributed by atoms with van der Waals surface area (Å²) in [6, 6.07) is 0. The van der Waals surface area contributed by atoms with Gasteiger partial charge in [0, 0.05) is 18.4 Å². The molecule has 5 heteroatoms. The van der Waals surface area contributed by atoms with Crippen LogP contribution >= 0.6 is 22.9 Å². The zero-order valence-corrected chi connectivity index (χ0v) is 11.1. The Morgan fingerprint density at radius 1 is 1.25 bits per heavy atom. The third kappa shape index (κ3) is 5.80. The van der Waals surface area contributed by atoms with Crippen LogP contribution in [0.4, 0.5) is 0 Å². The molecule has 0 amide bonds. The van der Waals surface area contributed by atoms with E-state index in [9.17, 15) is 0 Å². The molecule has 1 heterocycles. The number of hydrogen-bond donors (Lipinski definition) is 0. The van der Waals surface area contributed by atoms with Crippen molar-refractivity contribution in [3.05, 3.63) is 16.1 Å². The molecule has 1 aromatic heterocycles. The predicted octanol–water partition coefficient (Wildman–Crippen LogP) is 2.87. The maximum Gasteiger partial charge on any atom is 0.0951 e. The highest BCUT2D eigenvalue weighted by molar-refractivity contribution is 7.09. The molecule has 1 aromatic rings. The van der Waals surface area contributed by atoms with Crippen molar-refractivity contribution in [3.63, 3.8) is 0 Å². The van der Waals surface area contributed by atoms with E-state index in [2.05, 4.69) is 11.9 Å². The van der Waals surface area contributed by atoms with Gasteiger partial charge in [-0.05, 0) is 6.42 Å². The molecule has 0 saturated carbocycles. The van der Waals surface area contributed by atoms with Crippen molar-refractivity contribution in [2.24, 2.45) is 0 Å². The van der Waals surface area contributed by atoms with Gasteiger partial charge in [0.05, 0.1) is 36.4 Å². The molecule has 0 atom stereocenters. The number of alkyl halides is 1. The van der Waals surface area contributed by atoms with E-state index in [-0.39, 0.29) is 0 Å². The van der Waals surface area contributed by atoms with Gasteiger partial charge in [0.25, 0.3) is 0 Å². The molecule has 3 nitrogen and oxygen atoms in total. The van der Waals surface area contributed by atoms with Gasteiger partial charge < -0.3 is 9.47 Å². The molecule has 1 rings (SSSR count). The standard InChI is InChI=1S/C11H18ClNO2S/c1-2-4-14-6-7-15-5-3-11-13-10(8-12)9-16-11/h9H,2-8H2,1H3. The highest BCUT2D eigenvalue weighted by Gasteiger charge is 2.00. The van der Waals surface area contributed by atoms with E-state index in [0.717, 1.165) is 30.2 Å². The molecule has 0 bridgehead atoms. The van der Waals surface area contributed by atoms with Gasteiger partial charge in [-0.3, -0.25) is 0 Å². The molecule has 0 aliphatic carbocycles. The second-order valence-corrected chi connectivity index (χ2v) is 4.55. The van der Waals surface area contributed by atoms with E-state index in [0.29, 0.717) is 25.7 Å². The smallest absolute Gasteiger partial charge is 0.0951 e. The molecule has 0 saturated heterocycles. The molecule has 0 N–H and O–H groups in total. The topological polar surface area (TPSA) is 31.4 Å². The van der Waals surface area contributed by atoms with E-state index in [1.54, 1.807) is 11.3 Å². The van der Waals surface area contributed by atoms with Gasteiger partial charge in [-0.1, -0.05) is 6.92 Å². The van der Waals surface area contributed by atoms with Crippen LogP contribution in [-0.2, 0) is 21.8 Å². The van der Waals surface area contributed by atoms with Crippen LogP contribution < -0.4 is 0 Å². The Labute approximate surface area is 106 Å². The molecule has 0 aliphatic heterocycles. The summed E-state index contributed by atoms with van der Waals surface area (Å²) in [6.45, 7) is 4.95.